The molecule has 192 valence electrons. The molecule has 2 heterocycles. The van der Waals surface area contributed by atoms with Crippen LogP contribution in [0.25, 0.3) is 0 Å². The first-order chi connectivity index (χ1) is 15.4. The summed E-state index contributed by atoms with van der Waals surface area (Å²) in [4.78, 5) is 0. The number of para-hydroxylation sites is 2. The summed E-state index contributed by atoms with van der Waals surface area (Å²) in [6.07, 6.45) is 3.28. The van der Waals surface area contributed by atoms with E-state index in [1.54, 1.807) is 18.2 Å². The summed E-state index contributed by atoms with van der Waals surface area (Å²) in [7, 11) is -2.65. The van der Waals surface area contributed by atoms with E-state index in [1.807, 2.05) is 30.3 Å². The molecule has 0 atom stereocenters. The zero-order valence-corrected chi connectivity index (χ0v) is 27.4. The van der Waals surface area contributed by atoms with E-state index in [4.69, 9.17) is 66.9 Å². The van der Waals surface area contributed by atoms with Crippen molar-refractivity contribution in [2.24, 2.45) is 0 Å². The van der Waals surface area contributed by atoms with E-state index in [0.29, 0.717) is 30.9 Å². The number of rotatable bonds is 2. The molecule has 0 aromatic heterocycles. The summed E-state index contributed by atoms with van der Waals surface area (Å²) in [5, 5.41) is 0. The van der Waals surface area contributed by atoms with Crippen molar-refractivity contribution in [3.8, 4) is 0 Å². The Balaban J connectivity index is 0.000000280. The monoisotopic (exact) mass is 672 g/mol. The topological polar surface area (TPSA) is 97.8 Å². The van der Waals surface area contributed by atoms with Gasteiger partial charge in [0.1, 0.15) is 0 Å². The average molecular weight is 675 g/mol. The van der Waals surface area contributed by atoms with Crippen LogP contribution in [0.2, 0.25) is 0 Å². The zero-order valence-electron chi connectivity index (χ0n) is 18.3. The Morgan fingerprint density at radius 3 is 1.43 bits per heavy atom. The van der Waals surface area contributed by atoms with E-state index >= 15 is 0 Å². The fraction of sp³-hybridized carbons (Fsp3) is 0.333. The molecule has 4 rings (SSSR count). The molecule has 2 aliphatic rings. The van der Waals surface area contributed by atoms with Gasteiger partial charge in [-0.25, -0.2) is 8.42 Å². The van der Waals surface area contributed by atoms with Crippen LogP contribution in [-0.2, 0) is 32.4 Å². The number of aryl methyl sites for hydroxylation is 2. The molecule has 17 heteroatoms. The Kier molecular flexibility index (Phi) is 13.1. The molecule has 7 nitrogen and oxygen atoms in total. The van der Waals surface area contributed by atoms with Gasteiger partial charge in [-0.15, -0.1) is 0 Å². The third-order valence-electron chi connectivity index (χ3n) is 4.67. The van der Waals surface area contributed by atoms with E-state index in [2.05, 4.69) is 0 Å². The minimum absolute atomic E-state index is 0. The summed E-state index contributed by atoms with van der Waals surface area (Å²) in [5.74, 6) is 0. The number of hydrogen-bond donors (Lipinski definition) is 0. The number of nitrogens with zero attached hydrogens (tertiary/aromatic N) is 2. The molecule has 0 amide bonds. The maximum atomic E-state index is 11.2. The second-order valence-electron chi connectivity index (χ2n) is 7.15. The molecule has 0 saturated carbocycles. The molecule has 0 unspecified atom stereocenters. The SMILES string of the molecule is ClP(Cl)(Cl)(Cl)Cl.O=S(=O)(Cl)N1CCCc2ccccc21.O=S(=O)([O-])N1CCCc2ccccc21.[Na+]. The van der Waals surface area contributed by atoms with Crippen LogP contribution in [0.3, 0.4) is 0 Å². The Morgan fingerprint density at radius 1 is 0.714 bits per heavy atom. The van der Waals surface area contributed by atoms with Crippen LogP contribution < -0.4 is 38.2 Å². The van der Waals surface area contributed by atoms with Crippen LogP contribution in [-0.4, -0.2) is 34.5 Å². The molecule has 0 bridgehead atoms. The standard InChI is InChI=1S/C9H10ClNO2S.C9H11NO3S.Cl5P.Na/c10-14(12,13)11-7-3-5-8-4-1-2-6-9(8)11;11-14(12,13)10-7-3-5-8-4-1-2-6-9(8)10;1-6(2,3,4)5;/h1-2,4,6H,3,5,7H2;1-2,4,6H,3,5,7H2,(H,11,12,13);;/q;;;+1/p-1. The van der Waals surface area contributed by atoms with Crippen molar-refractivity contribution in [3.05, 3.63) is 59.7 Å². The molecule has 0 saturated heterocycles. The maximum Gasteiger partial charge on any atom is 1.00 e. The van der Waals surface area contributed by atoms with Gasteiger partial charge >= 0.3 is 98.4 Å². The van der Waals surface area contributed by atoms with Crippen LogP contribution in [0.1, 0.15) is 24.0 Å². The molecule has 35 heavy (non-hydrogen) atoms. The van der Waals surface area contributed by atoms with Gasteiger partial charge in [-0.2, -0.15) is 8.42 Å². The predicted molar refractivity (Wildman–Crippen MR) is 145 cm³/mol. The summed E-state index contributed by atoms with van der Waals surface area (Å²) in [6, 6.07) is 14.6. The molecule has 0 radical (unpaired) electrons. The second kappa shape index (κ2) is 13.4. The number of fused-ring (bicyclic) bond motifs is 2. The van der Waals surface area contributed by atoms with E-state index in [1.165, 1.54) is 4.31 Å². The van der Waals surface area contributed by atoms with Crippen molar-refractivity contribution < 1.29 is 50.9 Å². The number of benzene rings is 2. The van der Waals surface area contributed by atoms with Crippen LogP contribution in [0.15, 0.2) is 48.5 Å². The van der Waals surface area contributed by atoms with Gasteiger partial charge in [-0.1, -0.05) is 36.4 Å². The molecule has 2 aliphatic heterocycles. The first kappa shape index (κ1) is 34.1. The molecular formula is C18H20Cl6N2NaO5PS2. The van der Waals surface area contributed by atoms with Crippen molar-refractivity contribution in [2.75, 3.05) is 21.7 Å². The third kappa shape index (κ3) is 12.6. The van der Waals surface area contributed by atoms with Gasteiger partial charge in [-0.05, 0) is 48.9 Å². The summed E-state index contributed by atoms with van der Waals surface area (Å²) < 4.78 is 53.7. The first-order valence-electron chi connectivity index (χ1n) is 9.64. The summed E-state index contributed by atoms with van der Waals surface area (Å²) in [5.41, 5.74) is 3.23. The van der Waals surface area contributed by atoms with Gasteiger partial charge in [0.25, 0.3) is 0 Å². The van der Waals surface area contributed by atoms with Crippen LogP contribution in [0.4, 0.5) is 11.4 Å². The molecule has 2 aromatic carbocycles. The van der Waals surface area contributed by atoms with E-state index in [-0.39, 0.29) is 29.6 Å². The van der Waals surface area contributed by atoms with Gasteiger partial charge < -0.3 is 4.55 Å². The minimum atomic E-state index is -4.36. The largest absolute Gasteiger partial charge is 1.00 e. The Bertz CT molecular complexity index is 1130. The van der Waals surface area contributed by atoms with Crippen molar-refractivity contribution >= 4 is 101 Å². The van der Waals surface area contributed by atoms with Crippen molar-refractivity contribution in [1.82, 2.24) is 0 Å². The molecular weight excluding hydrogens is 655 g/mol. The van der Waals surface area contributed by atoms with Gasteiger partial charge in [0.2, 0.25) is 0 Å². The molecule has 0 fully saturated rings. The van der Waals surface area contributed by atoms with E-state index < -0.39 is 22.9 Å². The quantitative estimate of drug-likeness (QED) is 0.207. The van der Waals surface area contributed by atoms with E-state index in [9.17, 15) is 21.4 Å². The Labute approximate surface area is 256 Å². The average Bonchev–Trinajstić information content (AvgIpc) is 2.70. The maximum absolute atomic E-state index is 11.2. The minimum Gasteiger partial charge on any atom is -0.731 e. The molecule has 0 spiro atoms. The summed E-state index contributed by atoms with van der Waals surface area (Å²) >= 11 is 24.9. The first-order valence-corrected chi connectivity index (χ1v) is 20.0. The van der Waals surface area contributed by atoms with Gasteiger partial charge in [0.15, 0.2) is 10.3 Å². The number of halogens is 6. The molecule has 0 N–H and O–H groups in total. The van der Waals surface area contributed by atoms with Crippen molar-refractivity contribution in [1.29, 1.82) is 0 Å². The van der Waals surface area contributed by atoms with Crippen molar-refractivity contribution in [3.63, 3.8) is 0 Å². The number of anilines is 2. The zero-order chi connectivity index (χ0) is 25.8. The normalized spacial score (nSPS) is 16.5. The van der Waals surface area contributed by atoms with Gasteiger partial charge in [0.05, 0.1) is 11.4 Å². The number of hydrogen-bond acceptors (Lipinski definition) is 5. The Hall–Kier alpha value is 1.07. The van der Waals surface area contributed by atoms with Gasteiger partial charge in [-0.3, -0.25) is 8.61 Å². The predicted octanol–water partition coefficient (Wildman–Crippen LogP) is 4.13. The van der Waals surface area contributed by atoms with Crippen LogP contribution in [0.5, 0.6) is 0 Å². The fourth-order valence-electron chi connectivity index (χ4n) is 3.46. The molecule has 0 aliphatic carbocycles. The molecule has 2 aromatic rings. The van der Waals surface area contributed by atoms with Gasteiger partial charge in [0, 0.05) is 23.8 Å². The Morgan fingerprint density at radius 2 is 1.06 bits per heavy atom. The fourth-order valence-corrected chi connectivity index (χ4v) is 5.42. The third-order valence-corrected chi connectivity index (χ3v) is 6.99. The second-order valence-corrected chi connectivity index (χ2v) is 27.5. The summed E-state index contributed by atoms with van der Waals surface area (Å²) in [6.45, 7) is 0.770. The van der Waals surface area contributed by atoms with Crippen molar-refractivity contribution in [2.45, 2.75) is 25.7 Å². The smallest absolute Gasteiger partial charge is 0.731 e. The van der Waals surface area contributed by atoms with Crippen LogP contribution in [0, 0.1) is 0 Å². The van der Waals surface area contributed by atoms with Crippen LogP contribution >= 0.6 is 70.3 Å². The van der Waals surface area contributed by atoms with E-state index in [0.717, 1.165) is 34.7 Å².